The highest BCUT2D eigenvalue weighted by atomic mass is 35.5. The van der Waals surface area contributed by atoms with Crippen molar-refractivity contribution in [3.05, 3.63) is 33.3 Å². The normalized spacial score (nSPS) is 11.4. The molecular weight excluding hydrogens is 256 g/mol. The number of sulfonamides is 1. The van der Waals surface area contributed by atoms with E-state index in [0.717, 1.165) is 6.07 Å². The summed E-state index contributed by atoms with van der Waals surface area (Å²) in [5.41, 5.74) is -0.430. The van der Waals surface area contributed by atoms with Crippen LogP contribution in [0.5, 0.6) is 0 Å². The van der Waals surface area contributed by atoms with E-state index in [4.69, 9.17) is 11.6 Å². The van der Waals surface area contributed by atoms with Gasteiger partial charge >= 0.3 is 0 Å². The first-order valence-electron chi connectivity index (χ1n) is 4.32. The zero-order chi connectivity index (χ0) is 12.3. The Labute approximate surface area is 97.4 Å². The van der Waals surface area contributed by atoms with Crippen LogP contribution in [0.4, 0.5) is 5.69 Å². The number of hydrogen-bond acceptors (Lipinski definition) is 4. The lowest BCUT2D eigenvalue weighted by Gasteiger charge is -2.06. The Kier molecular flexibility index (Phi) is 3.84. The molecule has 8 heteroatoms. The zero-order valence-corrected chi connectivity index (χ0v) is 9.88. The average Bonchev–Trinajstić information content (AvgIpc) is 2.17. The molecule has 0 heterocycles. The predicted molar refractivity (Wildman–Crippen MR) is 59.0 cm³/mol. The molecule has 0 unspecified atom stereocenters. The summed E-state index contributed by atoms with van der Waals surface area (Å²) in [6, 6.07) is 3.63. The fraction of sp³-hybridized carbons (Fsp3) is 0.250. The molecule has 0 fully saturated rings. The topological polar surface area (TPSA) is 89.3 Å². The van der Waals surface area contributed by atoms with E-state index >= 15 is 0 Å². The molecule has 1 aromatic carbocycles. The highest BCUT2D eigenvalue weighted by Gasteiger charge is 2.23. The quantitative estimate of drug-likeness (QED) is 0.660. The van der Waals surface area contributed by atoms with E-state index in [1.807, 2.05) is 0 Å². The second-order valence-corrected chi connectivity index (χ2v) is 4.96. The van der Waals surface area contributed by atoms with Gasteiger partial charge in [-0.2, -0.15) is 0 Å². The van der Waals surface area contributed by atoms with Crippen molar-refractivity contribution in [1.29, 1.82) is 0 Å². The summed E-state index contributed by atoms with van der Waals surface area (Å²) in [4.78, 5) is 9.55. The summed E-state index contributed by atoms with van der Waals surface area (Å²) in [7, 11) is -3.78. The number of halogens is 1. The van der Waals surface area contributed by atoms with Crippen LogP contribution in [0.25, 0.3) is 0 Å². The van der Waals surface area contributed by atoms with Crippen molar-refractivity contribution in [3.63, 3.8) is 0 Å². The van der Waals surface area contributed by atoms with Crippen LogP contribution in [-0.2, 0) is 10.0 Å². The van der Waals surface area contributed by atoms with Gasteiger partial charge in [0, 0.05) is 12.6 Å². The van der Waals surface area contributed by atoms with Crippen LogP contribution < -0.4 is 4.72 Å². The number of rotatable bonds is 4. The molecule has 1 aromatic rings. The third-order valence-corrected chi connectivity index (χ3v) is 3.86. The van der Waals surface area contributed by atoms with Crippen molar-refractivity contribution in [2.75, 3.05) is 6.54 Å². The van der Waals surface area contributed by atoms with Gasteiger partial charge in [0.05, 0.1) is 4.92 Å². The van der Waals surface area contributed by atoms with Crippen molar-refractivity contribution >= 4 is 27.3 Å². The van der Waals surface area contributed by atoms with Gasteiger partial charge in [0.25, 0.3) is 5.69 Å². The lowest BCUT2D eigenvalue weighted by molar-refractivity contribution is -0.384. The van der Waals surface area contributed by atoms with Crippen LogP contribution in [0.1, 0.15) is 6.92 Å². The molecule has 88 valence electrons. The average molecular weight is 265 g/mol. The molecule has 0 bridgehead atoms. The Morgan fingerprint density at radius 2 is 2.12 bits per heavy atom. The smallest absolute Gasteiger partial charge is 0.258 e. The Morgan fingerprint density at radius 3 is 2.62 bits per heavy atom. The molecule has 0 aliphatic carbocycles. The van der Waals surface area contributed by atoms with E-state index in [-0.39, 0.29) is 16.5 Å². The summed E-state index contributed by atoms with van der Waals surface area (Å²) >= 11 is 5.66. The first-order chi connectivity index (χ1) is 7.40. The molecule has 0 spiro atoms. The van der Waals surface area contributed by atoms with E-state index in [2.05, 4.69) is 4.72 Å². The third kappa shape index (κ3) is 2.49. The number of nitro benzene ring substituents is 1. The molecule has 1 rings (SSSR count). The summed E-state index contributed by atoms with van der Waals surface area (Å²) in [6.07, 6.45) is 0. The first-order valence-corrected chi connectivity index (χ1v) is 6.19. The number of hydrogen-bond donors (Lipinski definition) is 1. The largest absolute Gasteiger partial charge is 0.289 e. The second-order valence-electron chi connectivity index (χ2n) is 2.85. The maximum atomic E-state index is 11.6. The van der Waals surface area contributed by atoms with Crippen LogP contribution >= 0.6 is 11.6 Å². The van der Waals surface area contributed by atoms with Gasteiger partial charge in [-0.1, -0.05) is 24.6 Å². The molecular formula is C8H9ClN2O4S. The molecule has 0 saturated carbocycles. The minimum absolute atomic E-state index is 0.182. The minimum atomic E-state index is -3.78. The summed E-state index contributed by atoms with van der Waals surface area (Å²) < 4.78 is 25.4. The van der Waals surface area contributed by atoms with Gasteiger partial charge in [0.15, 0.2) is 0 Å². The Morgan fingerprint density at radius 1 is 1.50 bits per heavy atom. The highest BCUT2D eigenvalue weighted by molar-refractivity contribution is 7.89. The summed E-state index contributed by atoms with van der Waals surface area (Å²) in [6.45, 7) is 1.78. The number of nitrogens with one attached hydrogen (secondary N) is 1. The Balaban J connectivity index is 3.37. The maximum Gasteiger partial charge on any atom is 0.289 e. The molecule has 16 heavy (non-hydrogen) atoms. The summed E-state index contributed by atoms with van der Waals surface area (Å²) in [5.74, 6) is 0. The van der Waals surface area contributed by atoms with Gasteiger partial charge in [-0.3, -0.25) is 10.1 Å². The number of benzene rings is 1. The van der Waals surface area contributed by atoms with E-state index in [0.29, 0.717) is 0 Å². The third-order valence-electron chi connectivity index (χ3n) is 1.76. The molecule has 0 aromatic heterocycles. The van der Waals surface area contributed by atoms with Gasteiger partial charge in [-0.05, 0) is 6.07 Å². The fourth-order valence-electron chi connectivity index (χ4n) is 1.12. The van der Waals surface area contributed by atoms with Crippen molar-refractivity contribution in [2.24, 2.45) is 0 Å². The fourth-order valence-corrected chi connectivity index (χ4v) is 2.75. The summed E-state index contributed by atoms with van der Waals surface area (Å²) in [5, 5.41) is 10.2. The van der Waals surface area contributed by atoms with Crippen molar-refractivity contribution < 1.29 is 13.3 Å². The van der Waals surface area contributed by atoms with E-state index in [1.165, 1.54) is 12.1 Å². The number of nitrogens with zero attached hydrogens (tertiary/aromatic N) is 1. The maximum absolute atomic E-state index is 11.6. The van der Waals surface area contributed by atoms with Crippen molar-refractivity contribution in [1.82, 2.24) is 4.72 Å². The van der Waals surface area contributed by atoms with Crippen LogP contribution in [0, 0.1) is 10.1 Å². The minimum Gasteiger partial charge on any atom is -0.258 e. The molecule has 0 atom stereocenters. The standard InChI is InChI=1S/C8H9ClN2O4S/c1-2-10-16(14,15)7-5-3-4-6(8(7)9)11(12)13/h3-5,10H,2H2,1H3. The van der Waals surface area contributed by atoms with Crippen molar-refractivity contribution in [3.8, 4) is 0 Å². The molecule has 0 saturated heterocycles. The van der Waals surface area contributed by atoms with Gasteiger partial charge in [-0.25, -0.2) is 13.1 Å². The molecule has 0 amide bonds. The van der Waals surface area contributed by atoms with E-state index < -0.39 is 20.6 Å². The van der Waals surface area contributed by atoms with Gasteiger partial charge in [-0.15, -0.1) is 0 Å². The first kappa shape index (κ1) is 12.9. The number of nitro groups is 1. The second kappa shape index (κ2) is 4.77. The van der Waals surface area contributed by atoms with Crippen LogP contribution in [0.3, 0.4) is 0 Å². The molecule has 6 nitrogen and oxygen atoms in total. The SMILES string of the molecule is CCNS(=O)(=O)c1cccc([N+](=O)[O-])c1Cl. The van der Waals surface area contributed by atoms with Gasteiger partial charge in [0.2, 0.25) is 10.0 Å². The van der Waals surface area contributed by atoms with Gasteiger partial charge in [0.1, 0.15) is 9.92 Å². The van der Waals surface area contributed by atoms with E-state index in [1.54, 1.807) is 6.92 Å². The van der Waals surface area contributed by atoms with E-state index in [9.17, 15) is 18.5 Å². The lowest BCUT2D eigenvalue weighted by Crippen LogP contribution is -2.23. The Bertz CT molecular complexity index is 515. The highest BCUT2D eigenvalue weighted by Crippen LogP contribution is 2.30. The molecule has 0 aliphatic rings. The van der Waals surface area contributed by atoms with Crippen molar-refractivity contribution in [2.45, 2.75) is 11.8 Å². The predicted octanol–water partition coefficient (Wildman–Crippen LogP) is 1.55. The molecule has 1 N–H and O–H groups in total. The monoisotopic (exact) mass is 264 g/mol. The zero-order valence-electron chi connectivity index (χ0n) is 8.31. The van der Waals surface area contributed by atoms with Gasteiger partial charge < -0.3 is 0 Å². The van der Waals surface area contributed by atoms with Crippen LogP contribution in [-0.4, -0.2) is 19.9 Å². The lowest BCUT2D eigenvalue weighted by atomic mass is 10.3. The molecule has 0 aliphatic heterocycles. The molecule has 0 radical (unpaired) electrons. The van der Waals surface area contributed by atoms with Crippen LogP contribution in [0.15, 0.2) is 23.1 Å². The van der Waals surface area contributed by atoms with Crippen LogP contribution in [0.2, 0.25) is 5.02 Å². The Hall–Kier alpha value is -1.18.